The van der Waals surface area contributed by atoms with Crippen LogP contribution in [0, 0.1) is 5.82 Å². The molecule has 0 saturated carbocycles. The van der Waals surface area contributed by atoms with Crippen LogP contribution in [0.4, 0.5) is 4.39 Å². The molecule has 4 aromatic carbocycles. The average molecular weight is 582 g/mol. The number of carboxylic acid groups (broad SMARTS) is 1. The van der Waals surface area contributed by atoms with Crippen molar-refractivity contribution in [3.63, 3.8) is 0 Å². The summed E-state index contributed by atoms with van der Waals surface area (Å²) in [5.74, 6) is -1.45. The van der Waals surface area contributed by atoms with Gasteiger partial charge in [-0.3, -0.25) is 9.59 Å². The summed E-state index contributed by atoms with van der Waals surface area (Å²) in [7, 11) is 0. The number of benzene rings is 4. The number of hydrogen-bond acceptors (Lipinski definition) is 4. The van der Waals surface area contributed by atoms with Gasteiger partial charge in [0, 0.05) is 16.1 Å². The van der Waals surface area contributed by atoms with E-state index in [1.54, 1.807) is 30.3 Å². The van der Waals surface area contributed by atoms with Crippen LogP contribution in [0.2, 0.25) is 5.02 Å². The maximum atomic E-state index is 13.3. The van der Waals surface area contributed by atoms with Crippen LogP contribution in [0.3, 0.4) is 0 Å². The number of aromatic nitrogens is 2. The Bertz CT molecular complexity index is 1740. The molecule has 1 aromatic heterocycles. The SMILES string of the molecule is CC(NC(=O)c1ccc2nc(-c3ccc(Cl)cc3)c(CCCc3cccc(CC(=O)O)c3)nc2c1)c1ccc(F)cc1. The molecule has 2 N–H and O–H groups in total. The van der Waals surface area contributed by atoms with Crippen molar-refractivity contribution in [2.45, 2.75) is 38.6 Å². The predicted octanol–water partition coefficient (Wildman–Crippen LogP) is 7.38. The zero-order valence-electron chi connectivity index (χ0n) is 23.0. The first-order valence-corrected chi connectivity index (χ1v) is 14.1. The second-order valence-corrected chi connectivity index (χ2v) is 10.7. The number of carboxylic acids is 1. The number of rotatable bonds is 10. The zero-order valence-corrected chi connectivity index (χ0v) is 23.7. The van der Waals surface area contributed by atoms with Crippen LogP contribution in [0.25, 0.3) is 22.3 Å². The summed E-state index contributed by atoms with van der Waals surface area (Å²) in [6.07, 6.45) is 2.13. The fraction of sp³-hybridized carbons (Fsp3) is 0.176. The van der Waals surface area contributed by atoms with E-state index in [2.05, 4.69) is 5.32 Å². The van der Waals surface area contributed by atoms with Crippen molar-refractivity contribution in [2.75, 3.05) is 0 Å². The molecule has 0 aliphatic heterocycles. The first kappa shape index (κ1) is 28.9. The summed E-state index contributed by atoms with van der Waals surface area (Å²) in [4.78, 5) is 34.1. The van der Waals surface area contributed by atoms with Crippen LogP contribution in [0.5, 0.6) is 0 Å². The van der Waals surface area contributed by atoms with Crippen LogP contribution in [-0.2, 0) is 24.1 Å². The van der Waals surface area contributed by atoms with Crippen molar-refractivity contribution in [3.8, 4) is 11.3 Å². The Morgan fingerprint density at radius 1 is 0.881 bits per heavy atom. The summed E-state index contributed by atoms with van der Waals surface area (Å²) >= 11 is 6.13. The lowest BCUT2D eigenvalue weighted by Crippen LogP contribution is -2.26. The number of carbonyl (C=O) groups is 2. The highest BCUT2D eigenvalue weighted by molar-refractivity contribution is 6.30. The lowest BCUT2D eigenvalue weighted by Gasteiger charge is -2.15. The van der Waals surface area contributed by atoms with E-state index in [-0.39, 0.29) is 24.2 Å². The Labute approximate surface area is 248 Å². The summed E-state index contributed by atoms with van der Waals surface area (Å²) in [5.41, 5.74) is 6.78. The van der Waals surface area contributed by atoms with Gasteiger partial charge in [0.25, 0.3) is 5.91 Å². The quantitative estimate of drug-likeness (QED) is 0.179. The average Bonchev–Trinajstić information content (AvgIpc) is 2.97. The number of nitrogens with one attached hydrogen (secondary N) is 1. The lowest BCUT2D eigenvalue weighted by molar-refractivity contribution is -0.136. The molecule has 212 valence electrons. The van der Waals surface area contributed by atoms with Gasteiger partial charge in [-0.2, -0.15) is 0 Å². The Morgan fingerprint density at radius 2 is 1.62 bits per heavy atom. The summed E-state index contributed by atoms with van der Waals surface area (Å²) in [6, 6.07) is 26.1. The number of halogens is 2. The lowest BCUT2D eigenvalue weighted by atomic mass is 10.0. The molecule has 0 aliphatic rings. The molecule has 0 radical (unpaired) electrons. The number of aliphatic carboxylic acids is 1. The van der Waals surface area contributed by atoms with Gasteiger partial charge < -0.3 is 10.4 Å². The van der Waals surface area contributed by atoms with Crippen molar-refractivity contribution >= 4 is 34.5 Å². The summed E-state index contributed by atoms with van der Waals surface area (Å²) in [5, 5.41) is 12.7. The topological polar surface area (TPSA) is 92.2 Å². The molecular formula is C34H29ClFN3O3. The van der Waals surface area contributed by atoms with Crippen LogP contribution in [0.15, 0.2) is 91.0 Å². The zero-order chi connectivity index (χ0) is 29.6. The second kappa shape index (κ2) is 12.9. The molecule has 1 amide bonds. The largest absolute Gasteiger partial charge is 0.481 e. The van der Waals surface area contributed by atoms with E-state index < -0.39 is 5.97 Å². The van der Waals surface area contributed by atoms with E-state index in [9.17, 15) is 14.0 Å². The molecule has 5 rings (SSSR count). The van der Waals surface area contributed by atoms with Crippen LogP contribution < -0.4 is 5.32 Å². The first-order valence-electron chi connectivity index (χ1n) is 13.7. The van der Waals surface area contributed by atoms with Gasteiger partial charge in [-0.25, -0.2) is 14.4 Å². The fourth-order valence-electron chi connectivity index (χ4n) is 4.89. The van der Waals surface area contributed by atoms with Gasteiger partial charge in [0.1, 0.15) is 5.82 Å². The molecule has 8 heteroatoms. The minimum Gasteiger partial charge on any atom is -0.481 e. The maximum Gasteiger partial charge on any atom is 0.307 e. The molecule has 1 heterocycles. The Balaban J connectivity index is 1.40. The summed E-state index contributed by atoms with van der Waals surface area (Å²) < 4.78 is 13.3. The van der Waals surface area contributed by atoms with E-state index in [0.29, 0.717) is 28.0 Å². The predicted molar refractivity (Wildman–Crippen MR) is 162 cm³/mol. The minimum absolute atomic E-state index is 0.0106. The molecule has 0 saturated heterocycles. The molecule has 42 heavy (non-hydrogen) atoms. The monoisotopic (exact) mass is 581 g/mol. The first-order chi connectivity index (χ1) is 20.2. The van der Waals surface area contributed by atoms with Gasteiger partial charge >= 0.3 is 5.97 Å². The highest BCUT2D eigenvalue weighted by Crippen LogP contribution is 2.27. The second-order valence-electron chi connectivity index (χ2n) is 10.2. The smallest absolute Gasteiger partial charge is 0.307 e. The van der Waals surface area contributed by atoms with E-state index in [0.717, 1.165) is 46.5 Å². The fourth-order valence-corrected chi connectivity index (χ4v) is 5.02. The third-order valence-electron chi connectivity index (χ3n) is 7.06. The van der Waals surface area contributed by atoms with E-state index in [4.69, 9.17) is 26.7 Å². The van der Waals surface area contributed by atoms with Crippen molar-refractivity contribution in [2.24, 2.45) is 0 Å². The molecular weight excluding hydrogens is 553 g/mol. The van der Waals surface area contributed by atoms with Gasteiger partial charge in [-0.1, -0.05) is 60.1 Å². The number of hydrogen-bond donors (Lipinski definition) is 2. The van der Waals surface area contributed by atoms with Gasteiger partial charge in [0.05, 0.1) is 34.9 Å². The normalized spacial score (nSPS) is 11.8. The van der Waals surface area contributed by atoms with Crippen LogP contribution in [0.1, 0.15) is 52.1 Å². The van der Waals surface area contributed by atoms with Gasteiger partial charge in [0.15, 0.2) is 0 Å². The maximum absolute atomic E-state index is 13.3. The highest BCUT2D eigenvalue weighted by Gasteiger charge is 2.16. The van der Waals surface area contributed by atoms with Crippen LogP contribution >= 0.6 is 11.6 Å². The van der Waals surface area contributed by atoms with Crippen molar-refractivity contribution in [3.05, 3.63) is 130 Å². The third-order valence-corrected chi connectivity index (χ3v) is 7.31. The number of carbonyl (C=O) groups excluding carboxylic acids is 1. The molecule has 0 aliphatic carbocycles. The standard InChI is InChI=1S/C34H29ClFN3O3/c1-21(24-10-15-28(36)16-11-24)37-34(42)26-12-17-29-31(20-26)38-30(33(39-29)25-8-13-27(35)14-9-25)7-3-5-22-4-2-6-23(18-22)19-32(40)41/h2,4,6,8-18,20-21H,3,5,7,19H2,1H3,(H,37,42)(H,40,41). The molecule has 5 aromatic rings. The van der Waals surface area contributed by atoms with E-state index in [1.165, 1.54) is 12.1 Å². The van der Waals surface area contributed by atoms with Crippen molar-refractivity contribution < 1.29 is 19.1 Å². The van der Waals surface area contributed by atoms with E-state index in [1.807, 2.05) is 55.5 Å². The number of fused-ring (bicyclic) bond motifs is 1. The minimum atomic E-state index is -0.857. The molecule has 6 nitrogen and oxygen atoms in total. The number of aryl methyl sites for hydroxylation is 2. The third kappa shape index (κ3) is 7.17. The van der Waals surface area contributed by atoms with Gasteiger partial charge in [0.2, 0.25) is 0 Å². The highest BCUT2D eigenvalue weighted by atomic mass is 35.5. The van der Waals surface area contributed by atoms with Crippen molar-refractivity contribution in [1.29, 1.82) is 0 Å². The Morgan fingerprint density at radius 3 is 2.36 bits per heavy atom. The number of amides is 1. The van der Waals surface area contributed by atoms with Gasteiger partial charge in [-0.05, 0) is 85.3 Å². The van der Waals surface area contributed by atoms with Crippen molar-refractivity contribution in [1.82, 2.24) is 15.3 Å². The Kier molecular flexibility index (Phi) is 8.88. The van der Waals surface area contributed by atoms with E-state index >= 15 is 0 Å². The molecule has 1 unspecified atom stereocenters. The van der Waals surface area contributed by atoms with Crippen LogP contribution in [-0.4, -0.2) is 27.0 Å². The van der Waals surface area contributed by atoms with Gasteiger partial charge in [-0.15, -0.1) is 0 Å². The molecule has 0 fully saturated rings. The summed E-state index contributed by atoms with van der Waals surface area (Å²) in [6.45, 7) is 1.85. The molecule has 0 spiro atoms. The molecule has 1 atom stereocenters. The Hall–Kier alpha value is -4.62. The number of nitrogens with zero attached hydrogens (tertiary/aromatic N) is 2. The molecule has 0 bridgehead atoms.